The molecule has 0 saturated carbocycles. The van der Waals surface area contributed by atoms with Crippen molar-refractivity contribution in [2.24, 2.45) is 22.6 Å². The number of hydrogen-bond donors (Lipinski definition) is 1. The van der Waals surface area contributed by atoms with Gasteiger partial charge in [0.1, 0.15) is 0 Å². The van der Waals surface area contributed by atoms with E-state index in [1.165, 1.54) is 12.8 Å². The van der Waals surface area contributed by atoms with Crippen LogP contribution in [0.2, 0.25) is 0 Å². The Morgan fingerprint density at radius 1 is 1.26 bits per heavy atom. The van der Waals surface area contributed by atoms with Crippen molar-refractivity contribution >= 4 is 5.96 Å². The molecule has 2 saturated heterocycles. The first kappa shape index (κ1) is 14.6. The number of likely N-dealkylation sites (tertiary alicyclic amines) is 1. The van der Waals surface area contributed by atoms with Gasteiger partial charge >= 0.3 is 0 Å². The maximum absolute atomic E-state index is 6.14. The SMILES string of the molecule is CC1CCCN(C(N)=NCC2CC(C)OC(C)C2)C1. The third-order valence-electron chi connectivity index (χ3n) is 4.29. The van der Waals surface area contributed by atoms with E-state index in [1.807, 2.05) is 0 Å². The largest absolute Gasteiger partial charge is 0.376 e. The molecule has 2 heterocycles. The van der Waals surface area contributed by atoms with E-state index in [9.17, 15) is 0 Å². The van der Waals surface area contributed by atoms with Gasteiger partial charge in [-0.3, -0.25) is 4.99 Å². The van der Waals surface area contributed by atoms with Crippen molar-refractivity contribution in [3.8, 4) is 0 Å². The summed E-state index contributed by atoms with van der Waals surface area (Å²) in [6.45, 7) is 9.59. The van der Waals surface area contributed by atoms with E-state index in [1.54, 1.807) is 0 Å². The van der Waals surface area contributed by atoms with Crippen molar-refractivity contribution in [1.82, 2.24) is 4.90 Å². The second kappa shape index (κ2) is 6.60. The molecular weight excluding hydrogens is 238 g/mol. The van der Waals surface area contributed by atoms with Crippen LogP contribution in [-0.2, 0) is 4.74 Å². The Labute approximate surface area is 117 Å². The fourth-order valence-electron chi connectivity index (χ4n) is 3.41. The Kier molecular flexibility index (Phi) is 5.08. The molecule has 0 radical (unpaired) electrons. The highest BCUT2D eigenvalue weighted by molar-refractivity contribution is 5.78. The van der Waals surface area contributed by atoms with E-state index < -0.39 is 0 Å². The van der Waals surface area contributed by atoms with Crippen LogP contribution in [0, 0.1) is 11.8 Å². The van der Waals surface area contributed by atoms with Crippen LogP contribution in [-0.4, -0.2) is 42.7 Å². The topological polar surface area (TPSA) is 50.8 Å². The predicted molar refractivity (Wildman–Crippen MR) is 79.2 cm³/mol. The maximum Gasteiger partial charge on any atom is 0.191 e. The summed E-state index contributed by atoms with van der Waals surface area (Å²) in [5.74, 6) is 2.11. The average molecular weight is 267 g/mol. The standard InChI is InChI=1S/C15H29N3O/c1-11-5-4-6-18(10-11)15(16)17-9-14-7-12(2)19-13(3)8-14/h11-14H,4-10H2,1-3H3,(H2,16,17). The van der Waals surface area contributed by atoms with Gasteiger partial charge in [0, 0.05) is 19.6 Å². The highest BCUT2D eigenvalue weighted by atomic mass is 16.5. The normalized spacial score (nSPS) is 37.4. The number of guanidine groups is 1. The second-order valence-electron chi connectivity index (χ2n) is 6.49. The van der Waals surface area contributed by atoms with Gasteiger partial charge in [-0.25, -0.2) is 0 Å². The van der Waals surface area contributed by atoms with Gasteiger partial charge in [0.05, 0.1) is 12.2 Å². The monoisotopic (exact) mass is 267 g/mol. The van der Waals surface area contributed by atoms with Crippen molar-refractivity contribution in [3.05, 3.63) is 0 Å². The van der Waals surface area contributed by atoms with Crippen molar-refractivity contribution in [2.45, 2.75) is 58.7 Å². The van der Waals surface area contributed by atoms with Gasteiger partial charge in [-0.05, 0) is 51.4 Å². The molecule has 3 atom stereocenters. The van der Waals surface area contributed by atoms with Gasteiger partial charge in [0.2, 0.25) is 0 Å². The summed E-state index contributed by atoms with van der Waals surface area (Å²) in [5, 5.41) is 0. The Hall–Kier alpha value is -0.770. The molecule has 2 rings (SSSR count). The molecule has 0 bridgehead atoms. The van der Waals surface area contributed by atoms with Crippen LogP contribution in [0.4, 0.5) is 0 Å². The zero-order valence-electron chi connectivity index (χ0n) is 12.6. The second-order valence-corrected chi connectivity index (χ2v) is 6.49. The molecule has 0 aromatic rings. The van der Waals surface area contributed by atoms with Crippen molar-refractivity contribution in [1.29, 1.82) is 0 Å². The van der Waals surface area contributed by atoms with Gasteiger partial charge in [-0.15, -0.1) is 0 Å². The number of hydrogen-bond acceptors (Lipinski definition) is 2. The van der Waals surface area contributed by atoms with Gasteiger partial charge in [0.25, 0.3) is 0 Å². The minimum Gasteiger partial charge on any atom is -0.376 e. The first-order valence-electron chi connectivity index (χ1n) is 7.75. The number of nitrogens with two attached hydrogens (primary N) is 1. The molecule has 4 heteroatoms. The quantitative estimate of drug-likeness (QED) is 0.616. The molecule has 2 fully saturated rings. The predicted octanol–water partition coefficient (Wildman–Crippen LogP) is 2.24. The minimum absolute atomic E-state index is 0.361. The molecule has 110 valence electrons. The van der Waals surface area contributed by atoms with E-state index in [0.29, 0.717) is 18.1 Å². The van der Waals surface area contributed by atoms with Crippen LogP contribution in [0.5, 0.6) is 0 Å². The van der Waals surface area contributed by atoms with E-state index in [0.717, 1.165) is 44.4 Å². The first-order valence-corrected chi connectivity index (χ1v) is 7.75. The summed E-state index contributed by atoms with van der Waals surface area (Å²) in [5.41, 5.74) is 6.14. The molecule has 2 aliphatic heterocycles. The molecular formula is C15H29N3O. The van der Waals surface area contributed by atoms with Crippen LogP contribution in [0.15, 0.2) is 4.99 Å². The summed E-state index contributed by atoms with van der Waals surface area (Å²) >= 11 is 0. The number of piperidine rings is 1. The number of aliphatic imine (C=N–C) groups is 1. The number of ether oxygens (including phenoxy) is 1. The molecule has 0 spiro atoms. The van der Waals surface area contributed by atoms with E-state index in [4.69, 9.17) is 10.5 Å². The lowest BCUT2D eigenvalue weighted by atomic mass is 9.93. The summed E-state index contributed by atoms with van der Waals surface area (Å²) < 4.78 is 5.76. The van der Waals surface area contributed by atoms with Gasteiger partial charge in [-0.2, -0.15) is 0 Å². The molecule has 0 amide bonds. The third-order valence-corrected chi connectivity index (χ3v) is 4.29. The first-order chi connectivity index (χ1) is 9.04. The van der Waals surface area contributed by atoms with Gasteiger partial charge < -0.3 is 15.4 Å². The fourth-order valence-corrected chi connectivity index (χ4v) is 3.41. The fraction of sp³-hybridized carbons (Fsp3) is 0.933. The molecule has 4 nitrogen and oxygen atoms in total. The van der Waals surface area contributed by atoms with Crippen LogP contribution < -0.4 is 5.73 Å². The smallest absolute Gasteiger partial charge is 0.191 e. The Bertz CT molecular complexity index is 309. The molecule has 0 aliphatic carbocycles. The van der Waals surface area contributed by atoms with Crippen LogP contribution in [0.3, 0.4) is 0 Å². The van der Waals surface area contributed by atoms with Crippen LogP contribution in [0.1, 0.15) is 46.5 Å². The Morgan fingerprint density at radius 3 is 2.58 bits per heavy atom. The van der Waals surface area contributed by atoms with Crippen molar-refractivity contribution < 1.29 is 4.74 Å². The van der Waals surface area contributed by atoms with Gasteiger partial charge in [0.15, 0.2) is 5.96 Å². The van der Waals surface area contributed by atoms with E-state index >= 15 is 0 Å². The van der Waals surface area contributed by atoms with Crippen molar-refractivity contribution in [2.75, 3.05) is 19.6 Å². The maximum atomic E-state index is 6.14. The Morgan fingerprint density at radius 2 is 1.95 bits per heavy atom. The van der Waals surface area contributed by atoms with Gasteiger partial charge in [-0.1, -0.05) is 6.92 Å². The Balaban J connectivity index is 1.83. The molecule has 19 heavy (non-hydrogen) atoms. The molecule has 2 N–H and O–H groups in total. The summed E-state index contributed by atoms with van der Waals surface area (Å²) in [6.07, 6.45) is 5.50. The number of rotatable bonds is 2. The average Bonchev–Trinajstić information content (AvgIpc) is 2.35. The highest BCUT2D eigenvalue weighted by Crippen LogP contribution is 2.25. The van der Waals surface area contributed by atoms with E-state index in [2.05, 4.69) is 30.7 Å². The van der Waals surface area contributed by atoms with Crippen LogP contribution in [0.25, 0.3) is 0 Å². The number of nitrogens with zero attached hydrogens (tertiary/aromatic N) is 2. The molecule has 3 unspecified atom stereocenters. The summed E-state index contributed by atoms with van der Waals surface area (Å²) in [6, 6.07) is 0. The highest BCUT2D eigenvalue weighted by Gasteiger charge is 2.24. The summed E-state index contributed by atoms with van der Waals surface area (Å²) in [4.78, 5) is 6.89. The minimum atomic E-state index is 0.361. The molecule has 0 aromatic heterocycles. The zero-order valence-corrected chi connectivity index (χ0v) is 12.6. The lowest BCUT2D eigenvalue weighted by Gasteiger charge is -2.33. The summed E-state index contributed by atoms with van der Waals surface area (Å²) in [7, 11) is 0. The van der Waals surface area contributed by atoms with Crippen LogP contribution >= 0.6 is 0 Å². The third kappa shape index (κ3) is 4.37. The lowest BCUT2D eigenvalue weighted by molar-refractivity contribution is -0.0501. The molecule has 2 aliphatic rings. The zero-order chi connectivity index (χ0) is 13.8. The molecule has 0 aromatic carbocycles. The lowest BCUT2D eigenvalue weighted by Crippen LogP contribution is -2.44. The van der Waals surface area contributed by atoms with E-state index in [-0.39, 0.29) is 0 Å². The van der Waals surface area contributed by atoms with Crippen molar-refractivity contribution in [3.63, 3.8) is 0 Å².